The van der Waals surface area contributed by atoms with Crippen LogP contribution in [0, 0.1) is 5.92 Å². The van der Waals surface area contributed by atoms with Crippen LogP contribution in [-0.4, -0.2) is 33.5 Å². The van der Waals surface area contributed by atoms with Crippen LogP contribution in [0.2, 0.25) is 0 Å². The summed E-state index contributed by atoms with van der Waals surface area (Å²) in [6, 6.07) is 12.9. The molecule has 136 valence electrons. The lowest BCUT2D eigenvalue weighted by Crippen LogP contribution is -2.59. The van der Waals surface area contributed by atoms with Gasteiger partial charge in [0.05, 0.1) is 11.2 Å². The molecule has 0 radical (unpaired) electrons. The maximum absolute atomic E-state index is 13.0. The highest BCUT2D eigenvalue weighted by molar-refractivity contribution is 5.94. The summed E-state index contributed by atoms with van der Waals surface area (Å²) >= 11 is 0. The largest absolute Gasteiger partial charge is 0.385 e. The lowest BCUT2D eigenvalue weighted by Gasteiger charge is -2.52. The van der Waals surface area contributed by atoms with Gasteiger partial charge in [0.25, 0.3) is 5.91 Å². The molecule has 1 saturated carbocycles. The van der Waals surface area contributed by atoms with Crippen LogP contribution in [0.4, 0.5) is 0 Å². The second-order valence-electron chi connectivity index (χ2n) is 7.44. The van der Waals surface area contributed by atoms with Gasteiger partial charge in [-0.05, 0) is 30.9 Å². The molecule has 26 heavy (non-hydrogen) atoms. The van der Waals surface area contributed by atoms with Gasteiger partial charge in [-0.3, -0.25) is 9.59 Å². The Morgan fingerprint density at radius 2 is 1.88 bits per heavy atom. The number of nitrogens with one attached hydrogen (secondary N) is 1. The first kappa shape index (κ1) is 17.0. The van der Waals surface area contributed by atoms with Gasteiger partial charge in [0.15, 0.2) is 0 Å². The van der Waals surface area contributed by atoms with E-state index in [2.05, 4.69) is 4.98 Å². The first-order valence-corrected chi connectivity index (χ1v) is 9.37. The number of aromatic amines is 1. The Hall–Kier alpha value is -2.40. The van der Waals surface area contributed by atoms with Crippen molar-refractivity contribution >= 4 is 5.91 Å². The standard InChI is InChI=1S/C21H24N2O3/c24-19-11-10-15(14-22-19)20(25)23-13-12-21(26,16-6-2-1-3-7-16)17-8-4-5-9-18(17)23/h1-3,6-7,10-11,14,17-18,26H,4-5,8-9,12-13H2,(H,22,24)/t17-,18?,21-/m1/s1. The molecule has 0 spiro atoms. The fraction of sp³-hybridized carbons (Fsp3) is 0.429. The third-order valence-electron chi connectivity index (χ3n) is 6.04. The van der Waals surface area contributed by atoms with E-state index in [-0.39, 0.29) is 23.4 Å². The molecule has 4 rings (SSSR count). The Kier molecular flexibility index (Phi) is 4.41. The molecule has 2 fully saturated rings. The van der Waals surface area contributed by atoms with Gasteiger partial charge in [0, 0.05) is 30.8 Å². The Morgan fingerprint density at radius 1 is 1.12 bits per heavy atom. The topological polar surface area (TPSA) is 73.4 Å². The van der Waals surface area contributed by atoms with E-state index in [1.807, 2.05) is 35.2 Å². The number of benzene rings is 1. The van der Waals surface area contributed by atoms with Gasteiger partial charge in [-0.25, -0.2) is 0 Å². The first-order chi connectivity index (χ1) is 12.6. The summed E-state index contributed by atoms with van der Waals surface area (Å²) in [4.78, 5) is 28.8. The molecule has 1 aliphatic carbocycles. The van der Waals surface area contributed by atoms with Crippen molar-refractivity contribution in [1.29, 1.82) is 0 Å². The summed E-state index contributed by atoms with van der Waals surface area (Å²) in [5.74, 6) is -0.0210. The molecule has 0 bridgehead atoms. The number of rotatable bonds is 2. The molecule has 1 amide bonds. The molecule has 1 saturated heterocycles. The van der Waals surface area contributed by atoms with Crippen LogP contribution in [0.3, 0.4) is 0 Å². The van der Waals surface area contributed by atoms with E-state index in [0.717, 1.165) is 31.2 Å². The molecular formula is C21H24N2O3. The Balaban J connectivity index is 1.65. The van der Waals surface area contributed by atoms with Crippen molar-refractivity contribution < 1.29 is 9.90 Å². The second-order valence-corrected chi connectivity index (χ2v) is 7.44. The van der Waals surface area contributed by atoms with Crippen molar-refractivity contribution in [1.82, 2.24) is 9.88 Å². The van der Waals surface area contributed by atoms with Crippen LogP contribution in [0.15, 0.2) is 53.5 Å². The number of aliphatic hydroxyl groups is 1. The number of hydrogen-bond donors (Lipinski definition) is 2. The number of pyridine rings is 1. The van der Waals surface area contributed by atoms with Gasteiger partial charge in [0.1, 0.15) is 0 Å². The zero-order chi connectivity index (χ0) is 18.1. The summed E-state index contributed by atoms with van der Waals surface area (Å²) < 4.78 is 0. The van der Waals surface area contributed by atoms with Crippen molar-refractivity contribution in [2.24, 2.45) is 5.92 Å². The predicted molar refractivity (Wildman–Crippen MR) is 98.8 cm³/mol. The average Bonchev–Trinajstić information content (AvgIpc) is 2.69. The molecule has 5 heteroatoms. The van der Waals surface area contributed by atoms with Gasteiger partial charge in [-0.2, -0.15) is 0 Å². The number of carbonyl (C=O) groups excluding carboxylic acids is 1. The third kappa shape index (κ3) is 2.86. The zero-order valence-electron chi connectivity index (χ0n) is 14.7. The highest BCUT2D eigenvalue weighted by Crippen LogP contribution is 2.47. The number of fused-ring (bicyclic) bond motifs is 1. The summed E-state index contributed by atoms with van der Waals surface area (Å²) in [6.07, 6.45) is 6.01. The number of piperidine rings is 1. The van der Waals surface area contributed by atoms with Crippen molar-refractivity contribution in [3.8, 4) is 0 Å². The summed E-state index contributed by atoms with van der Waals surface area (Å²) in [7, 11) is 0. The molecule has 3 atom stereocenters. The Morgan fingerprint density at radius 3 is 2.62 bits per heavy atom. The molecule has 2 aromatic rings. The third-order valence-corrected chi connectivity index (χ3v) is 6.04. The number of nitrogens with zero attached hydrogens (tertiary/aromatic N) is 1. The summed E-state index contributed by atoms with van der Waals surface area (Å²) in [5.41, 5.74) is 0.356. The van der Waals surface area contributed by atoms with Crippen molar-refractivity contribution in [3.63, 3.8) is 0 Å². The zero-order valence-corrected chi connectivity index (χ0v) is 14.7. The first-order valence-electron chi connectivity index (χ1n) is 9.37. The molecule has 2 N–H and O–H groups in total. The lowest BCUT2D eigenvalue weighted by molar-refractivity contribution is -0.110. The number of hydrogen-bond acceptors (Lipinski definition) is 3. The van der Waals surface area contributed by atoms with Gasteiger partial charge < -0.3 is 15.0 Å². The van der Waals surface area contributed by atoms with Crippen molar-refractivity contribution in [3.05, 3.63) is 70.1 Å². The SMILES string of the molecule is O=C(c1ccc(=O)[nH]c1)N1CC[C@@](O)(c2ccccc2)[C@@H]2CCCCC21. The highest BCUT2D eigenvalue weighted by Gasteiger charge is 2.50. The number of likely N-dealkylation sites (tertiary alicyclic amines) is 1. The minimum absolute atomic E-state index is 0.0298. The van der Waals surface area contributed by atoms with Gasteiger partial charge in [-0.15, -0.1) is 0 Å². The molecule has 2 aliphatic rings. The molecule has 1 aromatic carbocycles. The van der Waals surface area contributed by atoms with E-state index >= 15 is 0 Å². The fourth-order valence-corrected chi connectivity index (χ4v) is 4.73. The minimum atomic E-state index is -0.881. The van der Waals surface area contributed by atoms with E-state index in [1.165, 1.54) is 12.3 Å². The normalized spacial score (nSPS) is 28.4. The van der Waals surface area contributed by atoms with E-state index in [1.54, 1.807) is 6.07 Å². The van der Waals surface area contributed by atoms with Gasteiger partial charge in [0.2, 0.25) is 5.56 Å². The second kappa shape index (κ2) is 6.72. The van der Waals surface area contributed by atoms with Gasteiger partial charge >= 0.3 is 0 Å². The number of H-pyrrole nitrogens is 1. The van der Waals surface area contributed by atoms with Crippen LogP contribution >= 0.6 is 0 Å². The summed E-state index contributed by atoms with van der Waals surface area (Å²) in [6.45, 7) is 0.518. The smallest absolute Gasteiger partial charge is 0.255 e. The maximum Gasteiger partial charge on any atom is 0.255 e. The Bertz CT molecular complexity index is 827. The summed E-state index contributed by atoms with van der Waals surface area (Å²) in [5, 5.41) is 11.6. The van der Waals surface area contributed by atoms with E-state index in [4.69, 9.17) is 0 Å². The number of amides is 1. The van der Waals surface area contributed by atoms with Crippen molar-refractivity contribution in [2.45, 2.75) is 43.7 Å². The lowest BCUT2D eigenvalue weighted by atomic mass is 9.66. The van der Waals surface area contributed by atoms with Gasteiger partial charge in [-0.1, -0.05) is 43.2 Å². The highest BCUT2D eigenvalue weighted by atomic mass is 16.3. The quantitative estimate of drug-likeness (QED) is 0.873. The molecule has 1 unspecified atom stereocenters. The number of carbonyl (C=O) groups is 1. The predicted octanol–water partition coefficient (Wildman–Crippen LogP) is 2.67. The molecule has 1 aliphatic heterocycles. The monoisotopic (exact) mass is 352 g/mol. The molecule has 1 aromatic heterocycles. The fourth-order valence-electron chi connectivity index (χ4n) is 4.73. The molecule has 2 heterocycles. The minimum Gasteiger partial charge on any atom is -0.385 e. The average molecular weight is 352 g/mol. The van der Waals surface area contributed by atoms with Crippen LogP contribution in [0.25, 0.3) is 0 Å². The van der Waals surface area contributed by atoms with Crippen LogP contribution in [0.5, 0.6) is 0 Å². The van der Waals surface area contributed by atoms with Crippen molar-refractivity contribution in [2.75, 3.05) is 6.54 Å². The van der Waals surface area contributed by atoms with Crippen LogP contribution < -0.4 is 5.56 Å². The Labute approximate surface area is 152 Å². The molecular weight excluding hydrogens is 328 g/mol. The van der Waals surface area contributed by atoms with Crippen LogP contribution in [0.1, 0.15) is 48.0 Å². The maximum atomic E-state index is 13.0. The molecule has 5 nitrogen and oxygen atoms in total. The van der Waals surface area contributed by atoms with Crippen LogP contribution in [-0.2, 0) is 5.60 Å². The van der Waals surface area contributed by atoms with E-state index < -0.39 is 5.60 Å². The number of aromatic nitrogens is 1. The van der Waals surface area contributed by atoms with E-state index in [0.29, 0.717) is 18.5 Å². The van der Waals surface area contributed by atoms with E-state index in [9.17, 15) is 14.7 Å².